The van der Waals surface area contributed by atoms with Crippen LogP contribution in [0.3, 0.4) is 0 Å². The normalized spacial score (nSPS) is 10.8. The predicted octanol–water partition coefficient (Wildman–Crippen LogP) is 4.42. The summed E-state index contributed by atoms with van der Waals surface area (Å²) < 4.78 is 24.4. The minimum Gasteiger partial charge on any atom is -0.484 e. The van der Waals surface area contributed by atoms with E-state index < -0.39 is 11.7 Å². The second-order valence-electron chi connectivity index (χ2n) is 5.21. The molecule has 0 unspecified atom stereocenters. The van der Waals surface area contributed by atoms with E-state index in [0.29, 0.717) is 16.5 Å². The van der Waals surface area contributed by atoms with Crippen molar-refractivity contribution in [2.75, 3.05) is 0 Å². The summed E-state index contributed by atoms with van der Waals surface area (Å²) in [7, 11) is 0. The van der Waals surface area contributed by atoms with Gasteiger partial charge in [0, 0.05) is 5.56 Å². The summed E-state index contributed by atoms with van der Waals surface area (Å²) in [6.07, 6.45) is 1.22. The van der Waals surface area contributed by atoms with Crippen LogP contribution in [-0.4, -0.2) is 12.1 Å². The molecule has 0 aliphatic rings. The summed E-state index contributed by atoms with van der Waals surface area (Å²) in [5.41, 5.74) is 2.54. The molecule has 7 heteroatoms. The average molecular weight is 373 g/mol. The number of hydrogen-bond acceptors (Lipinski definition) is 4. The van der Waals surface area contributed by atoms with Crippen molar-refractivity contribution in [3.63, 3.8) is 0 Å². The van der Waals surface area contributed by atoms with Crippen LogP contribution in [0.15, 0.2) is 70.2 Å². The van der Waals surface area contributed by atoms with Crippen LogP contribution in [0.2, 0.25) is 5.02 Å². The highest BCUT2D eigenvalue weighted by molar-refractivity contribution is 6.32. The Bertz CT molecular complexity index is 940. The number of hydrogen-bond donors (Lipinski definition) is 1. The van der Waals surface area contributed by atoms with Gasteiger partial charge in [0.25, 0.3) is 0 Å². The number of halogens is 2. The number of hydrazone groups is 1. The zero-order chi connectivity index (χ0) is 18.4. The van der Waals surface area contributed by atoms with Gasteiger partial charge in [-0.05, 0) is 30.3 Å². The van der Waals surface area contributed by atoms with Crippen LogP contribution in [0.25, 0.3) is 0 Å². The minimum absolute atomic E-state index is 0.0634. The summed E-state index contributed by atoms with van der Waals surface area (Å²) in [4.78, 5) is 12.0. The lowest BCUT2D eigenvalue weighted by Crippen LogP contribution is -2.16. The number of rotatable bonds is 6. The van der Waals surface area contributed by atoms with Crippen molar-refractivity contribution in [2.45, 2.75) is 6.61 Å². The fraction of sp³-hybridized carbons (Fsp3) is 0.0526. The van der Waals surface area contributed by atoms with Crippen LogP contribution in [-0.2, 0) is 6.61 Å². The first-order valence-electron chi connectivity index (χ1n) is 7.67. The maximum absolute atomic E-state index is 13.4. The largest absolute Gasteiger partial charge is 0.484 e. The second-order valence-corrected chi connectivity index (χ2v) is 5.61. The van der Waals surface area contributed by atoms with Crippen molar-refractivity contribution in [1.29, 1.82) is 0 Å². The summed E-state index contributed by atoms with van der Waals surface area (Å²) >= 11 is 6.00. The second kappa shape index (κ2) is 8.31. The number of amides is 1. The van der Waals surface area contributed by atoms with E-state index in [4.69, 9.17) is 20.8 Å². The third-order valence-corrected chi connectivity index (χ3v) is 3.68. The van der Waals surface area contributed by atoms with Gasteiger partial charge in [0.05, 0.1) is 11.2 Å². The average Bonchev–Trinajstić information content (AvgIpc) is 3.12. The van der Waals surface area contributed by atoms with E-state index in [1.54, 1.807) is 48.5 Å². The van der Waals surface area contributed by atoms with Gasteiger partial charge in [0.1, 0.15) is 23.9 Å². The van der Waals surface area contributed by atoms with Crippen molar-refractivity contribution in [1.82, 2.24) is 5.43 Å². The van der Waals surface area contributed by atoms with E-state index in [1.165, 1.54) is 18.3 Å². The molecular weight excluding hydrogens is 359 g/mol. The highest BCUT2D eigenvalue weighted by Gasteiger charge is 2.11. The molecule has 0 aliphatic carbocycles. The van der Waals surface area contributed by atoms with Gasteiger partial charge in [-0.3, -0.25) is 4.79 Å². The van der Waals surface area contributed by atoms with E-state index in [1.807, 2.05) is 0 Å². The van der Waals surface area contributed by atoms with Crippen LogP contribution in [0.4, 0.5) is 4.39 Å². The third-order valence-electron chi connectivity index (χ3n) is 3.37. The zero-order valence-electron chi connectivity index (χ0n) is 13.5. The molecule has 1 N–H and O–H groups in total. The SMILES string of the molecule is O=C(NN=Cc1ccccc1F)c1ccc(COc2ccccc2Cl)o1. The lowest BCUT2D eigenvalue weighted by molar-refractivity contribution is 0.0923. The molecule has 5 nitrogen and oxygen atoms in total. The Morgan fingerprint density at radius 2 is 1.92 bits per heavy atom. The topological polar surface area (TPSA) is 63.8 Å². The van der Waals surface area contributed by atoms with Gasteiger partial charge in [-0.15, -0.1) is 0 Å². The lowest BCUT2D eigenvalue weighted by atomic mass is 10.2. The van der Waals surface area contributed by atoms with E-state index in [-0.39, 0.29) is 17.9 Å². The van der Waals surface area contributed by atoms with Gasteiger partial charge in [-0.25, -0.2) is 9.82 Å². The molecule has 0 aliphatic heterocycles. The van der Waals surface area contributed by atoms with Gasteiger partial charge < -0.3 is 9.15 Å². The summed E-state index contributed by atoms with van der Waals surface area (Å²) in [5.74, 6) is 0.0525. The quantitative estimate of drug-likeness (QED) is 0.514. The summed E-state index contributed by atoms with van der Waals surface area (Å²) in [6, 6.07) is 16.3. The Morgan fingerprint density at radius 1 is 1.15 bits per heavy atom. The van der Waals surface area contributed by atoms with Gasteiger partial charge in [0.2, 0.25) is 0 Å². The molecule has 2 aromatic carbocycles. The maximum atomic E-state index is 13.4. The van der Waals surface area contributed by atoms with E-state index in [2.05, 4.69) is 10.5 Å². The maximum Gasteiger partial charge on any atom is 0.307 e. The third kappa shape index (κ3) is 4.49. The molecular formula is C19H14ClFN2O3. The zero-order valence-corrected chi connectivity index (χ0v) is 14.2. The number of ether oxygens (including phenoxy) is 1. The summed E-state index contributed by atoms with van der Waals surface area (Å²) in [5, 5.41) is 4.21. The standard InChI is InChI=1S/C19H14ClFN2O3/c20-15-6-2-4-8-17(15)25-12-14-9-10-18(26-14)19(24)23-22-11-13-5-1-3-7-16(13)21/h1-11H,12H2,(H,23,24). The van der Waals surface area contributed by atoms with Crippen LogP contribution < -0.4 is 10.2 Å². The number of carbonyl (C=O) groups is 1. The summed E-state index contributed by atoms with van der Waals surface area (Å²) in [6.45, 7) is 0.121. The van der Waals surface area contributed by atoms with Crippen LogP contribution in [0.1, 0.15) is 21.9 Å². The van der Waals surface area contributed by atoms with Crippen molar-refractivity contribution in [3.8, 4) is 5.75 Å². The molecule has 1 amide bonds. The Morgan fingerprint density at radius 3 is 2.73 bits per heavy atom. The van der Waals surface area contributed by atoms with Crippen LogP contribution in [0, 0.1) is 5.82 Å². The number of para-hydroxylation sites is 1. The molecule has 0 atom stereocenters. The number of nitrogens with zero attached hydrogens (tertiary/aromatic N) is 1. The smallest absolute Gasteiger partial charge is 0.307 e. The fourth-order valence-electron chi connectivity index (χ4n) is 2.08. The Kier molecular flexibility index (Phi) is 5.66. The molecule has 0 radical (unpaired) electrons. The van der Waals surface area contributed by atoms with Gasteiger partial charge in [0.15, 0.2) is 5.76 Å². The highest BCUT2D eigenvalue weighted by atomic mass is 35.5. The molecule has 0 fully saturated rings. The monoisotopic (exact) mass is 372 g/mol. The van der Waals surface area contributed by atoms with E-state index >= 15 is 0 Å². The molecule has 3 aromatic rings. The molecule has 1 aromatic heterocycles. The minimum atomic E-state index is -0.554. The first kappa shape index (κ1) is 17.7. The van der Waals surface area contributed by atoms with Crippen molar-refractivity contribution >= 4 is 23.7 Å². The Hall–Kier alpha value is -3.12. The van der Waals surface area contributed by atoms with Crippen molar-refractivity contribution in [3.05, 3.63) is 88.6 Å². The van der Waals surface area contributed by atoms with Gasteiger partial charge in [-0.2, -0.15) is 5.10 Å². The van der Waals surface area contributed by atoms with Crippen LogP contribution >= 0.6 is 11.6 Å². The van der Waals surface area contributed by atoms with Crippen molar-refractivity contribution in [2.24, 2.45) is 5.10 Å². The Labute approximate surface area is 154 Å². The fourth-order valence-corrected chi connectivity index (χ4v) is 2.27. The van der Waals surface area contributed by atoms with Crippen LogP contribution in [0.5, 0.6) is 5.75 Å². The van der Waals surface area contributed by atoms with E-state index in [0.717, 1.165) is 0 Å². The Balaban J connectivity index is 1.56. The number of nitrogens with one attached hydrogen (secondary N) is 1. The number of benzene rings is 2. The molecule has 0 saturated carbocycles. The first-order valence-corrected chi connectivity index (χ1v) is 8.05. The van der Waals surface area contributed by atoms with Gasteiger partial charge >= 0.3 is 5.91 Å². The molecule has 3 rings (SSSR count). The molecule has 26 heavy (non-hydrogen) atoms. The molecule has 0 spiro atoms. The number of carbonyl (C=O) groups excluding carboxylic acids is 1. The van der Waals surface area contributed by atoms with E-state index in [9.17, 15) is 9.18 Å². The highest BCUT2D eigenvalue weighted by Crippen LogP contribution is 2.24. The van der Waals surface area contributed by atoms with Crippen molar-refractivity contribution < 1.29 is 18.3 Å². The molecule has 132 valence electrons. The predicted molar refractivity (Wildman–Crippen MR) is 96.0 cm³/mol. The molecule has 1 heterocycles. The van der Waals surface area contributed by atoms with Gasteiger partial charge in [-0.1, -0.05) is 41.9 Å². The lowest BCUT2D eigenvalue weighted by Gasteiger charge is -2.05. The molecule has 0 saturated heterocycles. The number of furan rings is 1. The molecule has 0 bridgehead atoms. The first-order chi connectivity index (χ1) is 12.6.